The van der Waals surface area contributed by atoms with Gasteiger partial charge in [0.1, 0.15) is 5.54 Å². The molecule has 0 aliphatic carbocycles. The molecule has 8 heteroatoms. The van der Waals surface area contributed by atoms with Crippen LogP contribution < -0.4 is 10.6 Å². The lowest BCUT2D eigenvalue weighted by molar-refractivity contribution is -0.126. The number of carboxylic acid groups (broad SMARTS) is 1. The minimum absolute atomic E-state index is 0.210. The van der Waals surface area contributed by atoms with Crippen LogP contribution in [0.5, 0.6) is 0 Å². The lowest BCUT2D eigenvalue weighted by Crippen LogP contribution is -2.58. The zero-order chi connectivity index (χ0) is 21.0. The van der Waals surface area contributed by atoms with E-state index in [1.807, 2.05) is 30.3 Å². The molecule has 0 fully saturated rings. The molecule has 29 heavy (non-hydrogen) atoms. The number of halogens is 2. The van der Waals surface area contributed by atoms with Gasteiger partial charge in [-0.2, -0.15) is 0 Å². The van der Waals surface area contributed by atoms with E-state index in [4.69, 9.17) is 23.2 Å². The highest BCUT2D eigenvalue weighted by molar-refractivity contribution is 6.42. The van der Waals surface area contributed by atoms with E-state index in [1.165, 1.54) is 0 Å². The van der Waals surface area contributed by atoms with Crippen LogP contribution in [0.2, 0.25) is 10.0 Å². The standard InChI is InChI=1S/C21H21Cl2N3O3/c1-21(26-20(28)29,11-14-12-25-18-5-3-2-4-15(14)18)19(27)24-9-8-13-6-7-16(22)17(23)10-13/h2-7,10,12,25-26H,8-9,11H2,1H3,(H,24,27)(H,28,29). The van der Waals surface area contributed by atoms with E-state index in [-0.39, 0.29) is 6.42 Å². The summed E-state index contributed by atoms with van der Waals surface area (Å²) in [6.07, 6.45) is 1.29. The Labute approximate surface area is 178 Å². The molecule has 0 saturated carbocycles. The van der Waals surface area contributed by atoms with Gasteiger partial charge in [0.05, 0.1) is 10.0 Å². The van der Waals surface area contributed by atoms with E-state index in [9.17, 15) is 14.7 Å². The predicted octanol–water partition coefficient (Wildman–Crippen LogP) is 4.40. The third-order valence-corrected chi connectivity index (χ3v) is 5.53. The fourth-order valence-electron chi connectivity index (χ4n) is 3.29. The maximum Gasteiger partial charge on any atom is 0.405 e. The molecule has 3 rings (SSSR count). The maximum atomic E-state index is 12.9. The normalized spacial score (nSPS) is 13.1. The lowest BCUT2D eigenvalue weighted by Gasteiger charge is -2.28. The van der Waals surface area contributed by atoms with Crippen LogP contribution in [0.15, 0.2) is 48.7 Å². The van der Waals surface area contributed by atoms with Crippen molar-refractivity contribution in [3.05, 3.63) is 69.8 Å². The SMILES string of the molecule is CC(Cc1c[nH]c2ccccc12)(NC(=O)O)C(=O)NCCc1ccc(Cl)c(Cl)c1. The summed E-state index contributed by atoms with van der Waals surface area (Å²) in [7, 11) is 0. The van der Waals surface area contributed by atoms with Gasteiger partial charge in [-0.1, -0.05) is 47.5 Å². The van der Waals surface area contributed by atoms with Crippen LogP contribution in [0.4, 0.5) is 4.79 Å². The third-order valence-electron chi connectivity index (χ3n) is 4.79. The van der Waals surface area contributed by atoms with Crippen molar-refractivity contribution >= 4 is 46.1 Å². The van der Waals surface area contributed by atoms with Gasteiger partial charge < -0.3 is 20.7 Å². The molecule has 2 aromatic carbocycles. The van der Waals surface area contributed by atoms with Gasteiger partial charge in [0.25, 0.3) is 0 Å². The summed E-state index contributed by atoms with van der Waals surface area (Å²) in [5.74, 6) is -0.398. The lowest BCUT2D eigenvalue weighted by atomic mass is 9.91. The Morgan fingerprint density at radius 1 is 1.14 bits per heavy atom. The number of carbonyl (C=O) groups excluding carboxylic acids is 1. The summed E-state index contributed by atoms with van der Waals surface area (Å²) < 4.78 is 0. The van der Waals surface area contributed by atoms with Crippen LogP contribution in [-0.4, -0.2) is 34.2 Å². The molecular formula is C21H21Cl2N3O3. The van der Waals surface area contributed by atoms with Crippen molar-refractivity contribution in [2.75, 3.05) is 6.54 Å². The van der Waals surface area contributed by atoms with Crippen molar-refractivity contribution in [3.63, 3.8) is 0 Å². The van der Waals surface area contributed by atoms with Crippen LogP contribution in [0.25, 0.3) is 10.9 Å². The highest BCUT2D eigenvalue weighted by Crippen LogP contribution is 2.24. The van der Waals surface area contributed by atoms with Crippen LogP contribution in [0, 0.1) is 0 Å². The van der Waals surface area contributed by atoms with Gasteiger partial charge in [-0.25, -0.2) is 4.79 Å². The van der Waals surface area contributed by atoms with Crippen LogP contribution in [0.3, 0.4) is 0 Å². The molecule has 0 aliphatic rings. The van der Waals surface area contributed by atoms with E-state index in [1.54, 1.807) is 25.3 Å². The number of benzene rings is 2. The first kappa shape index (κ1) is 21.0. The number of aromatic nitrogens is 1. The summed E-state index contributed by atoms with van der Waals surface area (Å²) in [6, 6.07) is 13.0. The van der Waals surface area contributed by atoms with E-state index in [2.05, 4.69) is 15.6 Å². The molecule has 0 radical (unpaired) electrons. The smallest absolute Gasteiger partial charge is 0.405 e. The fraction of sp³-hybridized carbons (Fsp3) is 0.238. The molecule has 3 aromatic rings. The average molecular weight is 434 g/mol. The number of nitrogens with one attached hydrogen (secondary N) is 3. The van der Waals surface area contributed by atoms with E-state index >= 15 is 0 Å². The van der Waals surface area contributed by atoms with Crippen LogP contribution >= 0.6 is 23.2 Å². The largest absolute Gasteiger partial charge is 0.465 e. The first-order chi connectivity index (χ1) is 13.8. The number of amides is 2. The molecule has 1 unspecified atom stereocenters. The van der Waals surface area contributed by atoms with Crippen molar-refractivity contribution in [1.82, 2.24) is 15.6 Å². The molecule has 2 amide bonds. The zero-order valence-electron chi connectivity index (χ0n) is 15.8. The predicted molar refractivity (Wildman–Crippen MR) is 115 cm³/mol. The Kier molecular flexibility index (Phi) is 6.35. The molecule has 0 aliphatic heterocycles. The number of hydrogen-bond acceptors (Lipinski definition) is 2. The molecule has 0 bridgehead atoms. The average Bonchev–Trinajstić information content (AvgIpc) is 3.06. The van der Waals surface area contributed by atoms with Gasteiger partial charge in [0.2, 0.25) is 5.91 Å². The van der Waals surface area contributed by atoms with Gasteiger partial charge in [-0.3, -0.25) is 4.79 Å². The van der Waals surface area contributed by atoms with Crippen molar-refractivity contribution in [1.29, 1.82) is 0 Å². The zero-order valence-corrected chi connectivity index (χ0v) is 17.3. The van der Waals surface area contributed by atoms with Gasteiger partial charge in [0, 0.05) is 30.1 Å². The molecule has 1 atom stereocenters. The monoisotopic (exact) mass is 433 g/mol. The quantitative estimate of drug-likeness (QED) is 0.444. The van der Waals surface area contributed by atoms with E-state index in [0.29, 0.717) is 23.0 Å². The van der Waals surface area contributed by atoms with Crippen molar-refractivity contribution in [3.8, 4) is 0 Å². The molecule has 1 aromatic heterocycles. The summed E-state index contributed by atoms with van der Waals surface area (Å²) in [5.41, 5.74) is 1.38. The Hall–Kier alpha value is -2.70. The van der Waals surface area contributed by atoms with Gasteiger partial charge >= 0.3 is 6.09 Å². The molecule has 6 nitrogen and oxygen atoms in total. The second-order valence-electron chi connectivity index (χ2n) is 7.05. The number of H-pyrrole nitrogens is 1. The number of fused-ring (bicyclic) bond motifs is 1. The number of rotatable bonds is 7. The van der Waals surface area contributed by atoms with E-state index in [0.717, 1.165) is 22.0 Å². The Balaban J connectivity index is 1.71. The van der Waals surface area contributed by atoms with E-state index < -0.39 is 17.5 Å². The third kappa shape index (κ3) is 5.02. The summed E-state index contributed by atoms with van der Waals surface area (Å²) in [5, 5.41) is 16.3. The van der Waals surface area contributed by atoms with Gasteiger partial charge in [-0.05, 0) is 42.7 Å². The minimum atomic E-state index is -1.32. The number of aromatic amines is 1. The van der Waals surface area contributed by atoms with Crippen molar-refractivity contribution < 1.29 is 14.7 Å². The van der Waals surface area contributed by atoms with Crippen molar-refractivity contribution in [2.24, 2.45) is 0 Å². The first-order valence-corrected chi connectivity index (χ1v) is 9.82. The number of hydrogen-bond donors (Lipinski definition) is 4. The van der Waals surface area contributed by atoms with Gasteiger partial charge in [0.15, 0.2) is 0 Å². The first-order valence-electron chi connectivity index (χ1n) is 9.07. The molecule has 4 N–H and O–H groups in total. The minimum Gasteiger partial charge on any atom is -0.465 e. The summed E-state index contributed by atoms with van der Waals surface area (Å²) in [6.45, 7) is 1.92. The summed E-state index contributed by atoms with van der Waals surface area (Å²) in [4.78, 5) is 27.4. The van der Waals surface area contributed by atoms with Crippen LogP contribution in [0.1, 0.15) is 18.1 Å². The molecule has 0 spiro atoms. The molecular weight excluding hydrogens is 413 g/mol. The van der Waals surface area contributed by atoms with Crippen LogP contribution in [-0.2, 0) is 17.6 Å². The Morgan fingerprint density at radius 3 is 2.62 bits per heavy atom. The number of para-hydroxylation sites is 1. The fourth-order valence-corrected chi connectivity index (χ4v) is 3.61. The molecule has 0 saturated heterocycles. The second-order valence-corrected chi connectivity index (χ2v) is 7.87. The highest BCUT2D eigenvalue weighted by Gasteiger charge is 2.35. The Morgan fingerprint density at radius 2 is 1.90 bits per heavy atom. The number of carbonyl (C=O) groups is 2. The maximum absolute atomic E-state index is 12.9. The topological polar surface area (TPSA) is 94.2 Å². The highest BCUT2D eigenvalue weighted by atomic mass is 35.5. The second kappa shape index (κ2) is 8.76. The van der Waals surface area contributed by atoms with Gasteiger partial charge in [-0.15, -0.1) is 0 Å². The van der Waals surface area contributed by atoms with Crippen molar-refractivity contribution in [2.45, 2.75) is 25.3 Å². The molecule has 152 valence electrons. The molecule has 1 heterocycles. The summed E-state index contributed by atoms with van der Waals surface area (Å²) >= 11 is 11.9. The Bertz CT molecular complexity index is 1050.